The Kier molecular flexibility index (Phi) is 7.75. The van der Waals surface area contributed by atoms with Gasteiger partial charge in [0.25, 0.3) is 5.91 Å². The third kappa shape index (κ3) is 5.65. The van der Waals surface area contributed by atoms with E-state index in [4.69, 9.17) is 5.73 Å². The number of nitrogens with two attached hydrogens (primary N) is 1. The summed E-state index contributed by atoms with van der Waals surface area (Å²) in [5.74, 6) is -3.61. The van der Waals surface area contributed by atoms with Gasteiger partial charge in [0.15, 0.2) is 17.4 Å². The fourth-order valence-electron chi connectivity index (χ4n) is 4.91. The molecule has 2 aliphatic heterocycles. The zero-order valence-electron chi connectivity index (χ0n) is 21.8. The zero-order chi connectivity index (χ0) is 28.4. The van der Waals surface area contributed by atoms with Crippen molar-refractivity contribution in [1.29, 1.82) is 0 Å². The van der Waals surface area contributed by atoms with Gasteiger partial charge in [-0.2, -0.15) is 13.2 Å². The number of alkyl halides is 2. The number of carbonyl (C=O) groups excluding carboxylic acids is 1. The number of carbonyl (C=O) groups is 1. The normalized spacial score (nSPS) is 20.0. The number of allylic oxidation sites excluding steroid dienone is 2. The number of hydrogen-bond acceptors (Lipinski definition) is 6. The fourth-order valence-corrected chi connectivity index (χ4v) is 4.91. The summed E-state index contributed by atoms with van der Waals surface area (Å²) < 4.78 is 58.5. The summed E-state index contributed by atoms with van der Waals surface area (Å²) in [5.41, 5.74) is 8.62. The number of amidine groups is 1. The third-order valence-corrected chi connectivity index (χ3v) is 7.44. The van der Waals surface area contributed by atoms with Gasteiger partial charge in [0.1, 0.15) is 0 Å². The lowest BCUT2D eigenvalue weighted by molar-refractivity contribution is -0.0525. The molecule has 3 aliphatic rings. The van der Waals surface area contributed by atoms with Gasteiger partial charge >= 0.3 is 6.61 Å². The van der Waals surface area contributed by atoms with E-state index in [-0.39, 0.29) is 22.9 Å². The fraction of sp³-hybridized carbons (Fsp3) is 0.345. The molecule has 1 fully saturated rings. The van der Waals surface area contributed by atoms with Gasteiger partial charge in [-0.3, -0.25) is 9.79 Å². The first kappa shape index (κ1) is 27.6. The van der Waals surface area contributed by atoms with E-state index in [1.807, 2.05) is 13.0 Å². The van der Waals surface area contributed by atoms with Crippen molar-refractivity contribution in [3.05, 3.63) is 77.1 Å². The quantitative estimate of drug-likeness (QED) is 0.370. The van der Waals surface area contributed by atoms with E-state index < -0.39 is 24.0 Å². The predicted molar refractivity (Wildman–Crippen MR) is 146 cm³/mol. The highest BCUT2D eigenvalue weighted by molar-refractivity contribution is 6.46. The van der Waals surface area contributed by atoms with Crippen LogP contribution >= 0.6 is 0 Å². The number of nitrogens with zero attached hydrogens (tertiary/aromatic N) is 2. The average Bonchev–Trinajstić information content (AvgIpc) is 3.72. The van der Waals surface area contributed by atoms with Crippen LogP contribution in [-0.4, -0.2) is 36.1 Å². The summed E-state index contributed by atoms with van der Waals surface area (Å²) >= 11 is 0. The summed E-state index contributed by atoms with van der Waals surface area (Å²) in [4.78, 5) is 21.9. The number of fused-ring (bicyclic) bond motifs is 3. The number of rotatable bonds is 8. The van der Waals surface area contributed by atoms with Crippen molar-refractivity contribution in [3.8, 4) is 5.75 Å². The number of nitrogens with one attached hydrogen (secondary N) is 2. The van der Waals surface area contributed by atoms with Crippen LogP contribution in [-0.2, 0) is 6.42 Å². The van der Waals surface area contributed by atoms with Gasteiger partial charge in [0, 0.05) is 41.7 Å². The second-order valence-electron chi connectivity index (χ2n) is 10.0. The molecule has 40 heavy (non-hydrogen) atoms. The van der Waals surface area contributed by atoms with Crippen LogP contribution in [0.5, 0.6) is 5.75 Å². The van der Waals surface area contributed by atoms with Crippen LogP contribution in [0.4, 0.5) is 23.2 Å². The highest BCUT2D eigenvalue weighted by atomic mass is 19.3. The molecule has 11 heteroatoms. The lowest BCUT2D eigenvalue weighted by Gasteiger charge is -2.19. The van der Waals surface area contributed by atoms with Crippen LogP contribution < -0.4 is 21.1 Å². The standard InChI is InChI=1S/C29H29F4N5O2/c1-2-16-13-18(4-5-19(16)27(39)38-29(15-34)10-11-29)37-26-22-7-3-17(9-12-35-26)21(14-36-22)20-6-8-23(40-28(32)33)25(31)24(20)30/h4-6,8-9,12-14,17,28H,2-3,7,10-11,15,34H2,1H3,(H,35,37)(H,38,39)/b12-9-. The van der Waals surface area contributed by atoms with E-state index in [0.717, 1.165) is 30.2 Å². The molecule has 7 nitrogen and oxygen atoms in total. The van der Waals surface area contributed by atoms with Gasteiger partial charge in [-0.05, 0) is 73.6 Å². The number of amides is 1. The second kappa shape index (κ2) is 11.2. The molecule has 5 rings (SSSR count). The van der Waals surface area contributed by atoms with Gasteiger partial charge < -0.3 is 21.1 Å². The molecule has 0 saturated heterocycles. The Morgan fingerprint density at radius 3 is 2.67 bits per heavy atom. The van der Waals surface area contributed by atoms with E-state index >= 15 is 0 Å². The molecule has 1 aliphatic carbocycles. The molecule has 2 bridgehead atoms. The molecule has 210 valence electrons. The van der Waals surface area contributed by atoms with Gasteiger partial charge in [0.05, 0.1) is 11.3 Å². The highest BCUT2D eigenvalue weighted by Gasteiger charge is 2.42. The number of aryl methyl sites for hydroxylation is 1. The van der Waals surface area contributed by atoms with Crippen molar-refractivity contribution in [3.63, 3.8) is 0 Å². The maximum absolute atomic E-state index is 14.9. The Hall–Kier alpha value is -3.99. The monoisotopic (exact) mass is 555 g/mol. The summed E-state index contributed by atoms with van der Waals surface area (Å²) in [6, 6.07) is 7.65. The van der Waals surface area contributed by atoms with E-state index in [2.05, 4.69) is 25.4 Å². The van der Waals surface area contributed by atoms with Crippen LogP contribution in [0.1, 0.15) is 54.1 Å². The van der Waals surface area contributed by atoms with Crippen molar-refractivity contribution < 1.29 is 27.1 Å². The van der Waals surface area contributed by atoms with E-state index in [9.17, 15) is 22.4 Å². The number of benzene rings is 2. The largest absolute Gasteiger partial charge is 0.432 e. The van der Waals surface area contributed by atoms with Gasteiger partial charge in [0.2, 0.25) is 5.82 Å². The SMILES string of the molecule is CCc1cc(NC2=N/C=C\C3CCC2=NC=C3c2ccc(OC(F)F)c(F)c2F)ccc1C(=O)NC1(CN)CC1. The van der Waals surface area contributed by atoms with Crippen LogP contribution in [0, 0.1) is 17.6 Å². The van der Waals surface area contributed by atoms with Crippen molar-refractivity contribution in [2.24, 2.45) is 21.6 Å². The Morgan fingerprint density at radius 1 is 1.18 bits per heavy atom. The molecule has 1 atom stereocenters. The summed E-state index contributed by atoms with van der Waals surface area (Å²) in [5, 5.41) is 6.34. The lowest BCUT2D eigenvalue weighted by Crippen LogP contribution is -2.42. The second-order valence-corrected chi connectivity index (χ2v) is 10.0. The Morgan fingerprint density at radius 2 is 1.98 bits per heavy atom. The van der Waals surface area contributed by atoms with Crippen LogP contribution in [0.25, 0.3) is 5.57 Å². The number of anilines is 1. The number of halogens is 4. The first-order chi connectivity index (χ1) is 19.2. The van der Waals surface area contributed by atoms with E-state index in [1.165, 1.54) is 12.3 Å². The van der Waals surface area contributed by atoms with Crippen molar-refractivity contribution in [2.75, 3.05) is 11.9 Å². The Labute approximate surface area is 228 Å². The Balaban J connectivity index is 1.39. The van der Waals surface area contributed by atoms with Crippen LogP contribution in [0.3, 0.4) is 0 Å². The van der Waals surface area contributed by atoms with E-state index in [0.29, 0.717) is 48.5 Å². The topological polar surface area (TPSA) is 101 Å². The first-order valence-corrected chi connectivity index (χ1v) is 13.1. The first-order valence-electron chi connectivity index (χ1n) is 13.1. The molecule has 2 heterocycles. The zero-order valence-corrected chi connectivity index (χ0v) is 21.8. The molecule has 1 saturated carbocycles. The van der Waals surface area contributed by atoms with Gasteiger partial charge in [-0.15, -0.1) is 0 Å². The minimum absolute atomic E-state index is 0.0840. The summed E-state index contributed by atoms with van der Waals surface area (Å²) in [6.07, 6.45) is 8.24. The van der Waals surface area contributed by atoms with Gasteiger partial charge in [-0.25, -0.2) is 9.38 Å². The number of hydrogen-bond donors (Lipinski definition) is 3. The smallest absolute Gasteiger partial charge is 0.387 e. The molecular formula is C29H29F4N5O2. The molecule has 4 N–H and O–H groups in total. The molecule has 0 aromatic heterocycles. The molecule has 0 radical (unpaired) electrons. The molecule has 0 spiro atoms. The molecule has 2 aromatic carbocycles. The highest BCUT2D eigenvalue weighted by Crippen LogP contribution is 2.37. The Bertz CT molecular complexity index is 1450. The van der Waals surface area contributed by atoms with Crippen LogP contribution in [0.2, 0.25) is 0 Å². The summed E-state index contributed by atoms with van der Waals surface area (Å²) in [6.45, 7) is -0.894. The molecule has 1 amide bonds. The maximum Gasteiger partial charge on any atom is 0.387 e. The molecule has 2 aromatic rings. The minimum Gasteiger partial charge on any atom is -0.432 e. The summed E-state index contributed by atoms with van der Waals surface area (Å²) in [7, 11) is 0. The minimum atomic E-state index is -3.27. The maximum atomic E-state index is 14.9. The number of ether oxygens (including phenoxy) is 1. The van der Waals surface area contributed by atoms with Crippen LogP contribution in [0.15, 0.2) is 58.8 Å². The predicted octanol–water partition coefficient (Wildman–Crippen LogP) is 5.58. The number of aliphatic imine (C=N–C) groups is 2. The van der Waals surface area contributed by atoms with Gasteiger partial charge in [-0.1, -0.05) is 13.0 Å². The van der Waals surface area contributed by atoms with E-state index in [1.54, 1.807) is 24.4 Å². The molecule has 1 unspecified atom stereocenters. The van der Waals surface area contributed by atoms with Crippen molar-refractivity contribution >= 4 is 28.7 Å². The third-order valence-electron chi connectivity index (χ3n) is 7.44. The van der Waals surface area contributed by atoms with Crippen molar-refractivity contribution in [2.45, 2.75) is 51.2 Å². The molecular weight excluding hydrogens is 526 g/mol. The average molecular weight is 556 g/mol. The van der Waals surface area contributed by atoms with Crippen molar-refractivity contribution in [1.82, 2.24) is 5.32 Å². The lowest BCUT2D eigenvalue weighted by atomic mass is 9.88.